The van der Waals surface area contributed by atoms with E-state index in [-0.39, 0.29) is 47.4 Å². The predicted molar refractivity (Wildman–Crippen MR) is 309 cm³/mol. The van der Waals surface area contributed by atoms with Crippen LogP contribution in [0.2, 0.25) is 5.02 Å². The molecule has 16 nitrogen and oxygen atoms in total. The second-order valence-corrected chi connectivity index (χ2v) is 17.4. The van der Waals surface area contributed by atoms with Crippen LogP contribution in [0.3, 0.4) is 0 Å². The first-order chi connectivity index (χ1) is 36.3. The number of aromatic hydroxyl groups is 3. The normalized spacial score (nSPS) is 9.86. The van der Waals surface area contributed by atoms with Gasteiger partial charge < -0.3 is 70.0 Å². The van der Waals surface area contributed by atoms with Crippen molar-refractivity contribution in [2.24, 2.45) is 40.1 Å². The minimum atomic E-state index is -0.568. The molecule has 0 aliphatic heterocycles. The molecule has 18 N–H and O–H groups in total. The van der Waals surface area contributed by atoms with Crippen LogP contribution in [0.4, 0.5) is 5.69 Å². The molecule has 0 aliphatic carbocycles. The molecule has 0 fully saturated rings. The molecule has 0 unspecified atom stereocenters. The highest BCUT2D eigenvalue weighted by molar-refractivity contribution is 6.30. The first-order valence-electron chi connectivity index (χ1n) is 24.4. The minimum absolute atomic E-state index is 0.0177. The number of phenols is 3. The molecule has 0 bridgehead atoms. The third-order valence-corrected chi connectivity index (χ3v) is 12.0. The van der Waals surface area contributed by atoms with E-state index in [1.807, 2.05) is 75.4 Å². The number of benzene rings is 7. The Hall–Kier alpha value is -7.09. The molecule has 0 aromatic heterocycles. The number of phenolic OH excluding ortho intramolecular Hbond substituents is 3. The molecule has 17 heteroatoms. The van der Waals surface area contributed by atoms with Crippen molar-refractivity contribution in [3.05, 3.63) is 220 Å². The van der Waals surface area contributed by atoms with Crippen LogP contribution in [-0.4, -0.2) is 39.6 Å². The molecule has 7 aromatic rings. The van der Waals surface area contributed by atoms with Gasteiger partial charge in [0.15, 0.2) is 23.0 Å². The number of ether oxygens (including phenoxy) is 2. The smallest absolute Gasteiger partial charge is 0.273 e. The summed E-state index contributed by atoms with van der Waals surface area (Å²) in [5.41, 5.74) is 53.0. The summed E-state index contributed by atoms with van der Waals surface area (Å²) in [6.07, 6.45) is 1.10. The van der Waals surface area contributed by atoms with Crippen LogP contribution in [0.15, 0.2) is 127 Å². The van der Waals surface area contributed by atoms with E-state index in [0.717, 1.165) is 45.3 Å². The van der Waals surface area contributed by atoms with Gasteiger partial charge in [0, 0.05) is 68.0 Å². The zero-order valence-electron chi connectivity index (χ0n) is 45.3. The first-order valence-corrected chi connectivity index (χ1v) is 24.8. The van der Waals surface area contributed by atoms with Gasteiger partial charge >= 0.3 is 0 Å². The molecule has 7 rings (SSSR count). The number of aliphatic hydroxyl groups excluding tert-OH is 1. The second-order valence-electron chi connectivity index (χ2n) is 17.0. The number of methoxy groups -OCH3 is 2. The van der Waals surface area contributed by atoms with Crippen molar-refractivity contribution < 1.29 is 34.8 Å². The van der Waals surface area contributed by atoms with Gasteiger partial charge in [-0.2, -0.15) is 0 Å². The Morgan fingerprint density at radius 3 is 1.39 bits per heavy atom. The summed E-state index contributed by atoms with van der Waals surface area (Å²) < 4.78 is 9.65. The topological polar surface area (TPSA) is 325 Å². The molecule has 0 amide bonds. The number of nitro groups is 1. The van der Waals surface area contributed by atoms with Crippen LogP contribution in [0.5, 0.6) is 28.7 Å². The molecular formula is C59H81ClN8O8. The number of halogens is 1. The fourth-order valence-electron chi connectivity index (χ4n) is 6.79. The van der Waals surface area contributed by atoms with Crippen molar-refractivity contribution >= 4 is 17.3 Å². The highest BCUT2D eigenvalue weighted by Gasteiger charge is 2.15. The third kappa shape index (κ3) is 23.2. The number of nitro benzene ring substituents is 1. The fourth-order valence-corrected chi connectivity index (χ4v) is 6.98. The van der Waals surface area contributed by atoms with Crippen LogP contribution in [0.1, 0.15) is 84.8 Å². The van der Waals surface area contributed by atoms with Gasteiger partial charge in [0.25, 0.3) is 5.69 Å². The lowest BCUT2D eigenvalue weighted by Gasteiger charge is -2.06. The average Bonchev–Trinajstić information content (AvgIpc) is 3.43. The average molecular weight is 1070 g/mol. The zero-order chi connectivity index (χ0) is 57.3. The first kappa shape index (κ1) is 66.9. The highest BCUT2D eigenvalue weighted by Crippen LogP contribution is 2.34. The van der Waals surface area contributed by atoms with E-state index < -0.39 is 4.92 Å². The van der Waals surface area contributed by atoms with Crippen LogP contribution in [0, 0.1) is 44.7 Å². The summed E-state index contributed by atoms with van der Waals surface area (Å²) in [5, 5.41) is 47.9. The number of nitrogens with zero attached hydrogens (tertiary/aromatic N) is 1. The molecule has 0 saturated heterocycles. The lowest BCUT2D eigenvalue weighted by atomic mass is 10.0. The van der Waals surface area contributed by atoms with E-state index in [1.54, 1.807) is 30.3 Å². The lowest BCUT2D eigenvalue weighted by Crippen LogP contribution is -2.00. The number of aliphatic hydroxyl groups is 1. The molecule has 0 saturated carbocycles. The quantitative estimate of drug-likeness (QED) is 0.0401. The van der Waals surface area contributed by atoms with Crippen molar-refractivity contribution in [3.8, 4) is 28.7 Å². The summed E-state index contributed by atoms with van der Waals surface area (Å²) in [7, 11) is 2.83. The van der Waals surface area contributed by atoms with Crippen LogP contribution >= 0.6 is 11.6 Å². The van der Waals surface area contributed by atoms with Gasteiger partial charge in [0.05, 0.1) is 31.8 Å². The maximum atomic E-state index is 10.5. The van der Waals surface area contributed by atoms with E-state index in [9.17, 15) is 20.3 Å². The van der Waals surface area contributed by atoms with Crippen LogP contribution < -0.4 is 49.6 Å². The van der Waals surface area contributed by atoms with E-state index >= 15 is 0 Å². The Kier molecular flexibility index (Phi) is 32.4. The fraction of sp³-hybridized carbons (Fsp3) is 0.288. The molecule has 0 aliphatic rings. The van der Waals surface area contributed by atoms with E-state index in [0.29, 0.717) is 50.6 Å². The van der Waals surface area contributed by atoms with E-state index in [1.165, 1.54) is 59.2 Å². The Morgan fingerprint density at radius 2 is 0.934 bits per heavy atom. The highest BCUT2D eigenvalue weighted by atomic mass is 35.5. The maximum Gasteiger partial charge on any atom is 0.273 e. The molecule has 76 heavy (non-hydrogen) atoms. The predicted octanol–water partition coefficient (Wildman–Crippen LogP) is 9.31. The SMILES string of the molecule is CCc1ccc(CN)c(C)c1.COc1cc([N+](=O)[O-])cc(CN)c1O.COc1cccc(CN)c1O.Cc1ccc(CO)cc1CN.Cc1ccc(Cl)cc1CN.Cc1ccc(O)cc1CN.Cc1ccccc1CN. The number of hydrogen-bond acceptors (Lipinski definition) is 15. The molecule has 0 spiro atoms. The van der Waals surface area contributed by atoms with Gasteiger partial charge in [-0.25, -0.2) is 0 Å². The monoisotopic (exact) mass is 1060 g/mol. The van der Waals surface area contributed by atoms with Crippen molar-refractivity contribution in [2.75, 3.05) is 14.2 Å². The van der Waals surface area contributed by atoms with Gasteiger partial charge in [-0.05, 0) is 138 Å². The summed E-state index contributed by atoms with van der Waals surface area (Å²) in [6, 6.07) is 39.0. The molecular weight excluding hydrogens is 984 g/mol. The molecule has 0 radical (unpaired) electrons. The van der Waals surface area contributed by atoms with Crippen molar-refractivity contribution in [3.63, 3.8) is 0 Å². The van der Waals surface area contributed by atoms with Gasteiger partial charge in [-0.15, -0.1) is 0 Å². The largest absolute Gasteiger partial charge is 0.508 e. The third-order valence-electron chi connectivity index (χ3n) is 11.7. The van der Waals surface area contributed by atoms with Crippen molar-refractivity contribution in [1.82, 2.24) is 0 Å². The van der Waals surface area contributed by atoms with Crippen LogP contribution in [0.25, 0.3) is 0 Å². The van der Waals surface area contributed by atoms with Crippen LogP contribution in [-0.2, 0) is 58.8 Å². The van der Waals surface area contributed by atoms with E-state index in [2.05, 4.69) is 51.1 Å². The Labute approximate surface area is 454 Å². The van der Waals surface area contributed by atoms with Crippen molar-refractivity contribution in [2.45, 2.75) is 100 Å². The summed E-state index contributed by atoms with van der Waals surface area (Å²) in [4.78, 5) is 9.91. The standard InChI is InChI=1S/C10H15N.C9H13NO.C8H10ClN.C8H10N2O4.C8H11NO2.C8H11NO.C8H11N/c1-3-9-4-5-10(7-11)8(2)6-9;1-7-2-3-8(6-11)4-9(7)5-10;1-6-2-3-8(9)4-7(6)5-10;1-14-7-3-6(10(12)13)2-5(4-9)8(7)11;1-11-7-4-2-3-6(5-9)8(7)10;1-6-2-3-8(10)4-7(6)5-9;1-7-4-2-3-5-8(7)6-9/h4-6H,3,7,11H2,1-2H3;2-4,11H,5-6,10H2,1H3;2-4H,5,10H2,1H3;2-3,11H,4,9H2,1H3;2-4,10H,5,9H2,1H3;2-4,10H,5,9H2,1H3;2-5H,6,9H2,1H3. The van der Waals surface area contributed by atoms with Gasteiger partial charge in [0.1, 0.15) is 5.75 Å². The molecule has 412 valence electrons. The minimum Gasteiger partial charge on any atom is -0.508 e. The number of non-ortho nitro benzene ring substituents is 1. The van der Waals surface area contributed by atoms with Gasteiger partial charge in [-0.1, -0.05) is 103 Å². The molecule has 7 aromatic carbocycles. The Bertz CT molecular complexity index is 2730. The molecule has 0 heterocycles. The van der Waals surface area contributed by atoms with E-state index in [4.69, 9.17) is 71.4 Å². The van der Waals surface area contributed by atoms with Gasteiger partial charge in [-0.3, -0.25) is 10.1 Å². The lowest BCUT2D eigenvalue weighted by molar-refractivity contribution is -0.385. The Morgan fingerprint density at radius 1 is 0.474 bits per heavy atom. The Balaban J connectivity index is 0.000000445. The number of rotatable bonds is 12. The molecule has 0 atom stereocenters. The van der Waals surface area contributed by atoms with Crippen molar-refractivity contribution in [1.29, 1.82) is 0 Å². The maximum absolute atomic E-state index is 10.5. The number of hydrogen-bond donors (Lipinski definition) is 11. The zero-order valence-corrected chi connectivity index (χ0v) is 46.0. The second kappa shape index (κ2) is 36.8. The summed E-state index contributed by atoms with van der Waals surface area (Å²) >= 11 is 5.74. The summed E-state index contributed by atoms with van der Waals surface area (Å²) in [5.74, 6) is 0.789. The number of aryl methyl sites for hydroxylation is 6. The number of nitrogens with two attached hydrogens (primary N) is 7. The summed E-state index contributed by atoms with van der Waals surface area (Å²) in [6.45, 7) is 15.7. The number of para-hydroxylation sites is 1. The van der Waals surface area contributed by atoms with Gasteiger partial charge in [0.2, 0.25) is 0 Å².